The first-order valence-corrected chi connectivity index (χ1v) is 8.86. The van der Waals surface area contributed by atoms with E-state index in [2.05, 4.69) is 15.3 Å². The van der Waals surface area contributed by atoms with E-state index in [-0.39, 0.29) is 5.82 Å². The van der Waals surface area contributed by atoms with Crippen molar-refractivity contribution in [2.75, 3.05) is 0 Å². The van der Waals surface area contributed by atoms with Gasteiger partial charge in [0.15, 0.2) is 0 Å². The highest BCUT2D eigenvalue weighted by atomic mass is 19.1. The topological polar surface area (TPSA) is 40.7 Å². The van der Waals surface area contributed by atoms with Crippen LogP contribution in [0.5, 0.6) is 0 Å². The van der Waals surface area contributed by atoms with Crippen molar-refractivity contribution < 1.29 is 4.39 Å². The van der Waals surface area contributed by atoms with Crippen LogP contribution in [-0.4, -0.2) is 16.0 Å². The summed E-state index contributed by atoms with van der Waals surface area (Å²) < 4.78 is 13.1. The Morgan fingerprint density at radius 2 is 1.78 bits per heavy atom. The molecule has 2 aliphatic rings. The molecule has 2 fully saturated rings. The average molecular weight is 313 g/mol. The molecule has 0 radical (unpaired) electrons. The highest BCUT2D eigenvalue weighted by Gasteiger charge is 2.31. The van der Waals surface area contributed by atoms with Crippen molar-refractivity contribution >= 4 is 0 Å². The molecule has 0 aliphatic heterocycles. The van der Waals surface area contributed by atoms with E-state index in [1.165, 1.54) is 57.1 Å². The number of benzene rings is 1. The predicted molar refractivity (Wildman–Crippen MR) is 89.5 cm³/mol. The molecule has 4 rings (SSSR count). The number of halogens is 1. The molecule has 2 aliphatic carbocycles. The largest absolute Gasteiger partial charge is 0.341 e. The van der Waals surface area contributed by atoms with Crippen LogP contribution in [-0.2, 0) is 0 Å². The monoisotopic (exact) mass is 313 g/mol. The van der Waals surface area contributed by atoms with Crippen LogP contribution in [0.15, 0.2) is 30.5 Å². The zero-order chi connectivity index (χ0) is 15.6. The highest BCUT2D eigenvalue weighted by Crippen LogP contribution is 2.37. The Morgan fingerprint density at radius 1 is 1.04 bits per heavy atom. The fourth-order valence-electron chi connectivity index (χ4n) is 3.83. The van der Waals surface area contributed by atoms with Gasteiger partial charge in [-0.1, -0.05) is 19.3 Å². The number of hydrogen-bond acceptors (Lipinski definition) is 2. The lowest BCUT2D eigenvalue weighted by Gasteiger charge is -2.33. The molecule has 0 amide bonds. The summed E-state index contributed by atoms with van der Waals surface area (Å²) in [5.41, 5.74) is 1.96. The minimum absolute atomic E-state index is 0.205. The average Bonchev–Trinajstić information content (AvgIpc) is 3.18. The van der Waals surface area contributed by atoms with Gasteiger partial charge in [0.2, 0.25) is 0 Å². The quantitative estimate of drug-likeness (QED) is 0.847. The van der Waals surface area contributed by atoms with Gasteiger partial charge in [-0.25, -0.2) is 9.37 Å². The predicted octanol–water partition coefficient (Wildman–Crippen LogP) is 4.59. The van der Waals surface area contributed by atoms with Gasteiger partial charge in [-0.2, -0.15) is 0 Å². The van der Waals surface area contributed by atoms with Gasteiger partial charge in [-0.3, -0.25) is 0 Å². The molecule has 2 N–H and O–H groups in total. The van der Waals surface area contributed by atoms with Crippen LogP contribution in [0.2, 0.25) is 0 Å². The van der Waals surface area contributed by atoms with Gasteiger partial charge in [0, 0.05) is 6.04 Å². The minimum atomic E-state index is -0.205. The van der Waals surface area contributed by atoms with E-state index in [4.69, 9.17) is 0 Å². The number of hydrogen-bond donors (Lipinski definition) is 2. The Labute approximate surface area is 136 Å². The normalized spacial score (nSPS) is 20.6. The van der Waals surface area contributed by atoms with Gasteiger partial charge in [0.25, 0.3) is 0 Å². The first-order valence-electron chi connectivity index (χ1n) is 8.86. The van der Waals surface area contributed by atoms with E-state index in [0.29, 0.717) is 18.0 Å². The number of nitrogens with zero attached hydrogens (tertiary/aromatic N) is 1. The highest BCUT2D eigenvalue weighted by molar-refractivity contribution is 5.58. The second-order valence-corrected chi connectivity index (χ2v) is 7.01. The molecule has 2 saturated carbocycles. The molecular formula is C19H24FN3. The van der Waals surface area contributed by atoms with Gasteiger partial charge in [-0.05, 0) is 61.4 Å². The van der Waals surface area contributed by atoms with E-state index in [1.807, 2.05) is 6.20 Å². The minimum Gasteiger partial charge on any atom is -0.341 e. The van der Waals surface area contributed by atoms with Crippen LogP contribution in [0, 0.1) is 11.7 Å². The van der Waals surface area contributed by atoms with Crippen molar-refractivity contribution in [3.8, 4) is 11.3 Å². The zero-order valence-electron chi connectivity index (χ0n) is 13.4. The summed E-state index contributed by atoms with van der Waals surface area (Å²) >= 11 is 0. The molecule has 1 heterocycles. The van der Waals surface area contributed by atoms with Gasteiger partial charge in [-0.15, -0.1) is 0 Å². The third-order valence-corrected chi connectivity index (χ3v) is 5.44. The fraction of sp³-hybridized carbons (Fsp3) is 0.526. The number of nitrogens with one attached hydrogen (secondary N) is 2. The molecule has 1 aromatic carbocycles. The van der Waals surface area contributed by atoms with Crippen LogP contribution in [0.1, 0.15) is 56.8 Å². The second-order valence-electron chi connectivity index (χ2n) is 7.01. The van der Waals surface area contributed by atoms with Crippen molar-refractivity contribution in [2.24, 2.45) is 5.92 Å². The Hall–Kier alpha value is -1.68. The Morgan fingerprint density at radius 3 is 2.43 bits per heavy atom. The maximum absolute atomic E-state index is 13.1. The molecule has 0 saturated heterocycles. The van der Waals surface area contributed by atoms with E-state index in [9.17, 15) is 4.39 Å². The number of imidazole rings is 1. The molecule has 122 valence electrons. The first kappa shape index (κ1) is 14.9. The molecule has 0 spiro atoms. The summed E-state index contributed by atoms with van der Waals surface area (Å²) in [6.07, 6.45) is 11.0. The fourth-order valence-corrected chi connectivity index (χ4v) is 3.83. The van der Waals surface area contributed by atoms with Crippen LogP contribution in [0.25, 0.3) is 11.3 Å². The van der Waals surface area contributed by atoms with Crippen LogP contribution < -0.4 is 5.32 Å². The molecule has 3 nitrogen and oxygen atoms in total. The van der Waals surface area contributed by atoms with Crippen LogP contribution in [0.3, 0.4) is 0 Å². The summed E-state index contributed by atoms with van der Waals surface area (Å²) in [6.45, 7) is 0. The van der Waals surface area contributed by atoms with Crippen molar-refractivity contribution in [1.82, 2.24) is 15.3 Å². The summed E-state index contributed by atoms with van der Waals surface area (Å²) in [4.78, 5) is 8.14. The van der Waals surface area contributed by atoms with Crippen LogP contribution >= 0.6 is 0 Å². The molecule has 1 aromatic heterocycles. The number of aromatic amines is 1. The lowest BCUT2D eigenvalue weighted by Crippen LogP contribution is -2.40. The van der Waals surface area contributed by atoms with E-state index >= 15 is 0 Å². The maximum atomic E-state index is 13.1. The first-order chi connectivity index (χ1) is 11.3. The van der Waals surface area contributed by atoms with Crippen molar-refractivity contribution in [3.63, 3.8) is 0 Å². The Bertz CT molecular complexity index is 639. The Kier molecular flexibility index (Phi) is 4.17. The lowest BCUT2D eigenvalue weighted by molar-refractivity contribution is 0.252. The third kappa shape index (κ3) is 3.18. The summed E-state index contributed by atoms with van der Waals surface area (Å²) in [7, 11) is 0. The number of H-pyrrole nitrogens is 1. The summed E-state index contributed by atoms with van der Waals surface area (Å²) in [6, 6.07) is 7.58. The van der Waals surface area contributed by atoms with Crippen LogP contribution in [0.4, 0.5) is 4.39 Å². The van der Waals surface area contributed by atoms with Crippen molar-refractivity contribution in [3.05, 3.63) is 42.1 Å². The standard InChI is InChI=1S/C19H24FN3/c20-15-10-8-13(9-11-15)17-12-21-19(23-17)18(14-4-1-2-5-14)22-16-6-3-7-16/h8-12,14,16,18,22H,1-7H2,(H,21,23). The third-order valence-electron chi connectivity index (χ3n) is 5.44. The molecule has 0 bridgehead atoms. The lowest BCUT2D eigenvalue weighted by atomic mass is 9.89. The van der Waals surface area contributed by atoms with Gasteiger partial charge in [0.1, 0.15) is 11.6 Å². The molecule has 4 heteroatoms. The smallest absolute Gasteiger partial charge is 0.124 e. The number of rotatable bonds is 5. The Balaban J connectivity index is 1.56. The SMILES string of the molecule is Fc1ccc(-c2cnc(C(NC3CCC3)C3CCCC3)[nH]2)cc1. The second kappa shape index (κ2) is 6.44. The van der Waals surface area contributed by atoms with Gasteiger partial charge < -0.3 is 10.3 Å². The molecule has 23 heavy (non-hydrogen) atoms. The number of aromatic nitrogens is 2. The zero-order valence-corrected chi connectivity index (χ0v) is 13.4. The molecule has 2 aromatic rings. The van der Waals surface area contributed by atoms with E-state index in [0.717, 1.165) is 17.1 Å². The van der Waals surface area contributed by atoms with Gasteiger partial charge in [0.05, 0.1) is 17.9 Å². The maximum Gasteiger partial charge on any atom is 0.124 e. The van der Waals surface area contributed by atoms with Crippen molar-refractivity contribution in [1.29, 1.82) is 0 Å². The van der Waals surface area contributed by atoms with E-state index < -0.39 is 0 Å². The molecule has 1 unspecified atom stereocenters. The van der Waals surface area contributed by atoms with E-state index in [1.54, 1.807) is 12.1 Å². The molecular weight excluding hydrogens is 289 g/mol. The molecule has 1 atom stereocenters. The van der Waals surface area contributed by atoms with Gasteiger partial charge >= 0.3 is 0 Å². The van der Waals surface area contributed by atoms with Crippen molar-refractivity contribution in [2.45, 2.75) is 57.0 Å². The summed E-state index contributed by atoms with van der Waals surface area (Å²) in [5.74, 6) is 1.52. The summed E-state index contributed by atoms with van der Waals surface area (Å²) in [5, 5.41) is 3.83.